The van der Waals surface area contributed by atoms with Crippen molar-refractivity contribution in [2.75, 3.05) is 26.7 Å². The molecule has 2 aromatic rings. The second-order valence-corrected chi connectivity index (χ2v) is 7.83. The number of likely N-dealkylation sites (N-methyl/N-ethyl adjacent to an activating group) is 1. The zero-order valence-corrected chi connectivity index (χ0v) is 16.4. The number of carbonyl (C=O) groups excluding carboxylic acids is 1. The van der Waals surface area contributed by atoms with Crippen LogP contribution in [0, 0.1) is 0 Å². The summed E-state index contributed by atoms with van der Waals surface area (Å²) < 4.78 is 5.31. The summed E-state index contributed by atoms with van der Waals surface area (Å²) in [5.41, 5.74) is 1.34. The maximum atomic E-state index is 12.4. The number of carbonyl (C=O) groups is 1. The zero-order valence-electron chi connectivity index (χ0n) is 14.8. The predicted molar refractivity (Wildman–Crippen MR) is 102 cm³/mol. The van der Waals surface area contributed by atoms with Crippen LogP contribution in [0.1, 0.15) is 50.7 Å². The molecular weight excluding hydrogens is 374 g/mol. The minimum absolute atomic E-state index is 0. The molecule has 4 rings (SSSR count). The molecule has 2 N–H and O–H groups in total. The Morgan fingerprint density at radius 3 is 3.12 bits per heavy atom. The van der Waals surface area contributed by atoms with Crippen molar-refractivity contribution in [3.8, 4) is 0 Å². The fourth-order valence-corrected chi connectivity index (χ4v) is 4.59. The van der Waals surface area contributed by atoms with E-state index < -0.39 is 0 Å². The lowest BCUT2D eigenvalue weighted by Gasteiger charge is -2.30. The average molecular weight is 398 g/mol. The number of halogens is 1. The molecule has 26 heavy (non-hydrogen) atoms. The van der Waals surface area contributed by atoms with Crippen molar-refractivity contribution in [3.05, 3.63) is 33.1 Å². The van der Waals surface area contributed by atoms with Crippen LogP contribution in [0.4, 0.5) is 0 Å². The Kier molecular flexibility index (Phi) is 6.29. The standard InChI is InChI=1S/C17H23N5O2S.ClH/c1-22-7-6-18-9-12(22)16-20-15(24-21-16)10-19-17(23)14-8-11-4-2-3-5-13(11)25-14;/h8,12,18H,2-7,9-10H2,1H3,(H,19,23);1H. The van der Waals surface area contributed by atoms with Gasteiger partial charge in [0, 0.05) is 24.5 Å². The lowest BCUT2D eigenvalue weighted by Crippen LogP contribution is -2.44. The number of thiophene rings is 1. The molecule has 1 aliphatic heterocycles. The van der Waals surface area contributed by atoms with Crippen molar-refractivity contribution in [3.63, 3.8) is 0 Å². The van der Waals surface area contributed by atoms with E-state index in [-0.39, 0.29) is 30.9 Å². The topological polar surface area (TPSA) is 83.3 Å². The molecule has 1 atom stereocenters. The number of hydrogen-bond acceptors (Lipinski definition) is 7. The molecule has 1 unspecified atom stereocenters. The van der Waals surface area contributed by atoms with E-state index in [9.17, 15) is 4.79 Å². The lowest BCUT2D eigenvalue weighted by molar-refractivity contribution is 0.0950. The number of nitrogens with one attached hydrogen (secondary N) is 2. The molecule has 1 saturated heterocycles. The van der Waals surface area contributed by atoms with Gasteiger partial charge in [0.2, 0.25) is 5.89 Å². The SMILES string of the molecule is CN1CCNCC1c1noc(CNC(=O)c2cc3c(s2)CCCC3)n1.Cl. The van der Waals surface area contributed by atoms with Crippen LogP contribution in [0.3, 0.4) is 0 Å². The first-order valence-corrected chi connectivity index (χ1v) is 9.65. The van der Waals surface area contributed by atoms with E-state index in [1.165, 1.54) is 23.3 Å². The average Bonchev–Trinajstić information content (AvgIpc) is 3.27. The van der Waals surface area contributed by atoms with Crippen LogP contribution < -0.4 is 10.6 Å². The second-order valence-electron chi connectivity index (χ2n) is 6.70. The molecule has 2 aromatic heterocycles. The van der Waals surface area contributed by atoms with Gasteiger partial charge in [0.05, 0.1) is 17.5 Å². The normalized spacial score (nSPS) is 20.3. The first-order valence-electron chi connectivity index (χ1n) is 8.84. The van der Waals surface area contributed by atoms with E-state index in [0.29, 0.717) is 11.7 Å². The second kappa shape index (κ2) is 8.47. The maximum Gasteiger partial charge on any atom is 0.261 e. The van der Waals surface area contributed by atoms with Crippen molar-refractivity contribution in [1.29, 1.82) is 0 Å². The minimum atomic E-state index is -0.0596. The van der Waals surface area contributed by atoms with Crippen LogP contribution in [0.2, 0.25) is 0 Å². The van der Waals surface area contributed by atoms with Gasteiger partial charge in [-0.3, -0.25) is 9.69 Å². The van der Waals surface area contributed by atoms with Gasteiger partial charge in [-0.15, -0.1) is 23.7 Å². The lowest BCUT2D eigenvalue weighted by atomic mass is 9.99. The molecule has 1 fully saturated rings. The van der Waals surface area contributed by atoms with Crippen molar-refractivity contribution >= 4 is 29.7 Å². The van der Waals surface area contributed by atoms with E-state index in [1.54, 1.807) is 11.3 Å². The molecule has 0 spiro atoms. The van der Waals surface area contributed by atoms with Crippen LogP contribution in [0.15, 0.2) is 10.6 Å². The highest BCUT2D eigenvalue weighted by Gasteiger charge is 2.25. The molecule has 9 heteroatoms. The minimum Gasteiger partial charge on any atom is -0.342 e. The van der Waals surface area contributed by atoms with Gasteiger partial charge in [-0.05, 0) is 44.4 Å². The Morgan fingerprint density at radius 2 is 2.31 bits per heavy atom. The summed E-state index contributed by atoms with van der Waals surface area (Å²) in [4.78, 5) is 21.2. The smallest absolute Gasteiger partial charge is 0.261 e. The van der Waals surface area contributed by atoms with Crippen LogP contribution in [0.5, 0.6) is 0 Å². The molecule has 0 bridgehead atoms. The van der Waals surface area contributed by atoms with E-state index in [4.69, 9.17) is 4.52 Å². The van der Waals surface area contributed by atoms with Crippen molar-refractivity contribution in [1.82, 2.24) is 25.7 Å². The number of amides is 1. The summed E-state index contributed by atoms with van der Waals surface area (Å²) in [6.45, 7) is 2.99. The van der Waals surface area contributed by atoms with E-state index in [1.807, 2.05) is 6.07 Å². The van der Waals surface area contributed by atoms with E-state index in [0.717, 1.165) is 37.4 Å². The van der Waals surface area contributed by atoms with Crippen LogP contribution >= 0.6 is 23.7 Å². The summed E-state index contributed by atoms with van der Waals surface area (Å²) in [7, 11) is 2.06. The van der Waals surface area contributed by atoms with Crippen molar-refractivity contribution < 1.29 is 9.32 Å². The molecule has 1 amide bonds. The fraction of sp³-hybridized carbons (Fsp3) is 0.588. The maximum absolute atomic E-state index is 12.4. The monoisotopic (exact) mass is 397 g/mol. The number of piperazine rings is 1. The number of aromatic nitrogens is 2. The molecule has 3 heterocycles. The number of rotatable bonds is 4. The number of nitrogens with zero attached hydrogens (tertiary/aromatic N) is 3. The number of fused-ring (bicyclic) bond motifs is 1. The number of hydrogen-bond donors (Lipinski definition) is 2. The summed E-state index contributed by atoms with van der Waals surface area (Å²) in [6.07, 6.45) is 4.64. The molecule has 0 radical (unpaired) electrons. The highest BCUT2D eigenvalue weighted by Crippen LogP contribution is 2.29. The largest absolute Gasteiger partial charge is 0.342 e. The van der Waals surface area contributed by atoms with Gasteiger partial charge in [-0.1, -0.05) is 5.16 Å². The number of aryl methyl sites for hydroxylation is 2. The summed E-state index contributed by atoms with van der Waals surface area (Å²) in [5, 5.41) is 10.3. The Balaban J connectivity index is 0.00000196. The molecule has 0 saturated carbocycles. The molecule has 142 valence electrons. The Labute approximate surface area is 162 Å². The molecular formula is C17H24ClN5O2S. The van der Waals surface area contributed by atoms with Crippen LogP contribution in [0.25, 0.3) is 0 Å². The Morgan fingerprint density at radius 1 is 1.46 bits per heavy atom. The molecule has 0 aromatic carbocycles. The first kappa shape index (κ1) is 19.3. The fourth-order valence-electron chi connectivity index (χ4n) is 3.42. The molecule has 7 nitrogen and oxygen atoms in total. The summed E-state index contributed by atoms with van der Waals surface area (Å²) >= 11 is 1.61. The van der Waals surface area contributed by atoms with Gasteiger partial charge in [-0.25, -0.2) is 0 Å². The van der Waals surface area contributed by atoms with E-state index in [2.05, 4.69) is 32.7 Å². The predicted octanol–water partition coefficient (Wildman–Crippen LogP) is 1.94. The third kappa shape index (κ3) is 4.09. The van der Waals surface area contributed by atoms with E-state index >= 15 is 0 Å². The van der Waals surface area contributed by atoms with Crippen LogP contribution in [-0.4, -0.2) is 47.6 Å². The third-order valence-corrected chi connectivity index (χ3v) is 6.15. The summed E-state index contributed by atoms with van der Waals surface area (Å²) in [6, 6.07) is 2.15. The third-order valence-electron chi connectivity index (χ3n) is 4.91. The zero-order chi connectivity index (χ0) is 17.2. The van der Waals surface area contributed by atoms with Gasteiger partial charge < -0.3 is 15.2 Å². The highest BCUT2D eigenvalue weighted by molar-refractivity contribution is 7.14. The van der Waals surface area contributed by atoms with Crippen molar-refractivity contribution in [2.24, 2.45) is 0 Å². The quantitative estimate of drug-likeness (QED) is 0.820. The summed E-state index contributed by atoms with van der Waals surface area (Å²) in [5.74, 6) is 1.06. The first-order chi connectivity index (χ1) is 12.2. The van der Waals surface area contributed by atoms with Crippen molar-refractivity contribution in [2.45, 2.75) is 38.3 Å². The highest BCUT2D eigenvalue weighted by atomic mass is 35.5. The Bertz CT molecular complexity index is 739. The van der Waals surface area contributed by atoms with Gasteiger partial charge in [0.1, 0.15) is 0 Å². The van der Waals surface area contributed by atoms with Gasteiger partial charge in [0.15, 0.2) is 5.82 Å². The van der Waals surface area contributed by atoms with Gasteiger partial charge in [-0.2, -0.15) is 4.98 Å². The van der Waals surface area contributed by atoms with Gasteiger partial charge >= 0.3 is 0 Å². The molecule has 2 aliphatic rings. The van der Waals surface area contributed by atoms with Crippen LogP contribution in [-0.2, 0) is 19.4 Å². The molecule has 1 aliphatic carbocycles. The van der Waals surface area contributed by atoms with Gasteiger partial charge in [0.25, 0.3) is 5.91 Å². The Hall–Kier alpha value is -1.48.